The fourth-order valence-corrected chi connectivity index (χ4v) is 2.18. The van der Waals surface area contributed by atoms with Gasteiger partial charge in [-0.1, -0.05) is 6.07 Å². The third kappa shape index (κ3) is 3.48. The molecule has 94 valence electrons. The highest BCUT2D eigenvalue weighted by molar-refractivity contribution is 5.18. The summed E-state index contributed by atoms with van der Waals surface area (Å²) in [6.07, 6.45) is 1.45. The van der Waals surface area contributed by atoms with Crippen LogP contribution in [0.1, 0.15) is 18.4 Å². The summed E-state index contributed by atoms with van der Waals surface area (Å²) in [5.74, 6) is -1.33. The van der Waals surface area contributed by atoms with Gasteiger partial charge in [-0.3, -0.25) is 0 Å². The Morgan fingerprint density at radius 2 is 2.18 bits per heavy atom. The molecular weight excluding hydrogens is 226 g/mol. The van der Waals surface area contributed by atoms with Crippen LogP contribution < -0.4 is 0 Å². The molecule has 1 saturated heterocycles. The minimum absolute atomic E-state index is 0.355. The summed E-state index contributed by atoms with van der Waals surface area (Å²) >= 11 is 0. The topological polar surface area (TPSA) is 29.5 Å². The predicted molar refractivity (Wildman–Crippen MR) is 59.6 cm³/mol. The van der Waals surface area contributed by atoms with Crippen molar-refractivity contribution in [3.8, 4) is 0 Å². The highest BCUT2D eigenvalue weighted by atomic mass is 19.2. The van der Waals surface area contributed by atoms with Crippen LogP contribution in [-0.4, -0.2) is 24.4 Å². The van der Waals surface area contributed by atoms with Crippen LogP contribution >= 0.6 is 0 Å². The van der Waals surface area contributed by atoms with Crippen molar-refractivity contribution in [3.63, 3.8) is 0 Å². The number of hydrogen-bond donors (Lipinski definition) is 1. The molecule has 1 heterocycles. The number of rotatable bonds is 4. The van der Waals surface area contributed by atoms with Crippen LogP contribution in [0.15, 0.2) is 18.2 Å². The number of aliphatic hydroxyl groups is 1. The van der Waals surface area contributed by atoms with Crippen LogP contribution in [0.5, 0.6) is 0 Å². The second-order valence-electron chi connectivity index (χ2n) is 4.57. The molecule has 4 heteroatoms. The summed E-state index contributed by atoms with van der Waals surface area (Å²) in [7, 11) is 0. The first-order chi connectivity index (χ1) is 8.15. The summed E-state index contributed by atoms with van der Waals surface area (Å²) < 4.78 is 30.9. The van der Waals surface area contributed by atoms with Crippen molar-refractivity contribution in [3.05, 3.63) is 35.4 Å². The fourth-order valence-electron chi connectivity index (χ4n) is 2.18. The lowest BCUT2D eigenvalue weighted by Gasteiger charge is -2.14. The first kappa shape index (κ1) is 12.5. The molecule has 0 bridgehead atoms. The minimum Gasteiger partial charge on any atom is -0.393 e. The van der Waals surface area contributed by atoms with Crippen molar-refractivity contribution in [1.29, 1.82) is 0 Å². The number of benzene rings is 1. The first-order valence-corrected chi connectivity index (χ1v) is 5.85. The second kappa shape index (κ2) is 5.56. The molecule has 0 aromatic heterocycles. The highest BCUT2D eigenvalue weighted by Gasteiger charge is 2.19. The Bertz CT molecular complexity index is 376. The van der Waals surface area contributed by atoms with Crippen molar-refractivity contribution in [2.24, 2.45) is 5.92 Å². The van der Waals surface area contributed by atoms with Crippen molar-refractivity contribution < 1.29 is 18.6 Å². The van der Waals surface area contributed by atoms with E-state index in [-0.39, 0.29) is 0 Å². The summed E-state index contributed by atoms with van der Waals surface area (Å²) in [5, 5.41) is 9.85. The van der Waals surface area contributed by atoms with E-state index in [4.69, 9.17) is 4.74 Å². The van der Waals surface area contributed by atoms with Gasteiger partial charge in [0.2, 0.25) is 0 Å². The maximum absolute atomic E-state index is 13.0. The van der Waals surface area contributed by atoms with E-state index in [1.165, 1.54) is 6.07 Å². The fraction of sp³-hybridized carbons (Fsp3) is 0.538. The van der Waals surface area contributed by atoms with Crippen LogP contribution in [0.2, 0.25) is 0 Å². The lowest BCUT2D eigenvalue weighted by atomic mass is 9.96. The maximum Gasteiger partial charge on any atom is 0.159 e. The zero-order chi connectivity index (χ0) is 12.3. The lowest BCUT2D eigenvalue weighted by Crippen LogP contribution is -2.16. The average molecular weight is 242 g/mol. The Morgan fingerprint density at radius 3 is 2.82 bits per heavy atom. The molecule has 1 aromatic carbocycles. The second-order valence-corrected chi connectivity index (χ2v) is 4.57. The van der Waals surface area contributed by atoms with Gasteiger partial charge in [0.05, 0.1) is 6.10 Å². The van der Waals surface area contributed by atoms with Crippen LogP contribution in [0, 0.1) is 17.6 Å². The Kier molecular flexibility index (Phi) is 4.07. The van der Waals surface area contributed by atoms with E-state index < -0.39 is 17.7 Å². The monoisotopic (exact) mass is 242 g/mol. The van der Waals surface area contributed by atoms with Gasteiger partial charge in [-0.05, 0) is 42.9 Å². The van der Waals surface area contributed by atoms with Gasteiger partial charge in [-0.25, -0.2) is 8.78 Å². The normalized spacial score (nSPS) is 21.7. The molecule has 1 aliphatic rings. The van der Waals surface area contributed by atoms with Crippen LogP contribution in [0.4, 0.5) is 8.78 Å². The lowest BCUT2D eigenvalue weighted by molar-refractivity contribution is 0.128. The quantitative estimate of drug-likeness (QED) is 0.877. The van der Waals surface area contributed by atoms with Crippen LogP contribution in [0.3, 0.4) is 0 Å². The van der Waals surface area contributed by atoms with Gasteiger partial charge in [0.25, 0.3) is 0 Å². The third-order valence-electron chi connectivity index (χ3n) is 3.08. The van der Waals surface area contributed by atoms with Crippen molar-refractivity contribution in [2.75, 3.05) is 13.2 Å². The highest BCUT2D eigenvalue weighted by Crippen LogP contribution is 2.20. The molecule has 0 amide bonds. The number of halogens is 2. The van der Waals surface area contributed by atoms with E-state index in [9.17, 15) is 13.9 Å². The largest absolute Gasteiger partial charge is 0.393 e. The van der Waals surface area contributed by atoms with Gasteiger partial charge in [-0.2, -0.15) is 0 Å². The Labute approximate surface area is 99.2 Å². The molecule has 0 saturated carbocycles. The van der Waals surface area contributed by atoms with Gasteiger partial charge in [0, 0.05) is 13.2 Å². The molecule has 17 heavy (non-hydrogen) atoms. The van der Waals surface area contributed by atoms with Gasteiger partial charge >= 0.3 is 0 Å². The van der Waals surface area contributed by atoms with Crippen LogP contribution in [-0.2, 0) is 11.2 Å². The van der Waals surface area contributed by atoms with Gasteiger partial charge < -0.3 is 9.84 Å². The SMILES string of the molecule is OC(Cc1ccc(F)c(F)c1)CC1CCOC1. The van der Waals surface area contributed by atoms with Crippen molar-refractivity contribution in [2.45, 2.75) is 25.4 Å². The molecule has 0 radical (unpaired) electrons. The molecule has 1 aliphatic heterocycles. The molecule has 1 aromatic rings. The van der Waals surface area contributed by atoms with E-state index in [0.29, 0.717) is 30.9 Å². The van der Waals surface area contributed by atoms with Crippen molar-refractivity contribution in [1.82, 2.24) is 0 Å². The molecule has 1 fully saturated rings. The average Bonchev–Trinajstić information content (AvgIpc) is 2.76. The van der Waals surface area contributed by atoms with Gasteiger partial charge in [-0.15, -0.1) is 0 Å². The van der Waals surface area contributed by atoms with Crippen LogP contribution in [0.25, 0.3) is 0 Å². The first-order valence-electron chi connectivity index (χ1n) is 5.85. The number of ether oxygens (including phenoxy) is 1. The Hall–Kier alpha value is -1.00. The number of aliphatic hydroxyl groups excluding tert-OH is 1. The van der Waals surface area contributed by atoms with E-state index in [1.54, 1.807) is 0 Å². The minimum atomic E-state index is -0.862. The van der Waals surface area contributed by atoms with E-state index in [1.807, 2.05) is 0 Å². The molecule has 2 atom stereocenters. The molecule has 2 unspecified atom stereocenters. The molecular formula is C13H16F2O2. The van der Waals surface area contributed by atoms with E-state index in [0.717, 1.165) is 25.2 Å². The zero-order valence-corrected chi connectivity index (χ0v) is 9.53. The molecule has 0 aliphatic carbocycles. The third-order valence-corrected chi connectivity index (χ3v) is 3.08. The number of hydrogen-bond acceptors (Lipinski definition) is 2. The smallest absolute Gasteiger partial charge is 0.159 e. The van der Waals surface area contributed by atoms with Gasteiger partial charge in [0.15, 0.2) is 11.6 Å². The summed E-state index contributed by atoms with van der Waals surface area (Å²) in [6, 6.07) is 3.74. The standard InChI is InChI=1S/C13H16F2O2/c14-12-2-1-9(7-13(12)15)5-11(16)6-10-3-4-17-8-10/h1-2,7,10-11,16H,3-6,8H2. The van der Waals surface area contributed by atoms with Gasteiger partial charge in [0.1, 0.15) is 0 Å². The zero-order valence-electron chi connectivity index (χ0n) is 9.53. The molecule has 1 N–H and O–H groups in total. The summed E-state index contributed by atoms with van der Waals surface area (Å²) in [6.45, 7) is 1.44. The summed E-state index contributed by atoms with van der Waals surface area (Å²) in [5.41, 5.74) is 0.621. The van der Waals surface area contributed by atoms with Crippen molar-refractivity contribution >= 4 is 0 Å². The molecule has 2 rings (SSSR count). The Morgan fingerprint density at radius 1 is 1.35 bits per heavy atom. The maximum atomic E-state index is 13.0. The molecule has 2 nitrogen and oxygen atoms in total. The Balaban J connectivity index is 1.88. The van der Waals surface area contributed by atoms with E-state index >= 15 is 0 Å². The molecule has 0 spiro atoms. The van der Waals surface area contributed by atoms with E-state index in [2.05, 4.69) is 0 Å². The summed E-state index contributed by atoms with van der Waals surface area (Å²) in [4.78, 5) is 0. The predicted octanol–water partition coefficient (Wildman–Crippen LogP) is 2.29.